The molecule has 0 heterocycles. The van der Waals surface area contributed by atoms with E-state index in [9.17, 15) is 14.7 Å². The maximum Gasteiger partial charge on any atom is 0.222 e. The number of unbranched alkanes of at least 4 members (excludes halogenated alkanes) is 36. The Hall–Kier alpha value is -1.14. The van der Waals surface area contributed by atoms with E-state index in [1.54, 1.807) is 0 Å². The molecular weight excluding hydrogens is 835 g/mol. The Labute approximate surface area is 426 Å². The summed E-state index contributed by atoms with van der Waals surface area (Å²) in [5.74, 6) is 1.47. The summed E-state index contributed by atoms with van der Waals surface area (Å²) in [7, 11) is 0. The van der Waals surface area contributed by atoms with Crippen molar-refractivity contribution < 1.29 is 14.7 Å². The van der Waals surface area contributed by atoms with E-state index >= 15 is 0 Å². The Morgan fingerprint density at radius 2 is 0.588 bits per heavy atom. The van der Waals surface area contributed by atoms with E-state index in [2.05, 4.69) is 42.4 Å². The van der Waals surface area contributed by atoms with Crippen molar-refractivity contribution in [2.75, 3.05) is 45.8 Å². The summed E-state index contributed by atoms with van der Waals surface area (Å²) < 4.78 is 0. The summed E-state index contributed by atoms with van der Waals surface area (Å²) in [6.45, 7) is 16.5. The van der Waals surface area contributed by atoms with Gasteiger partial charge in [0.05, 0.1) is 6.10 Å². The fraction of sp³-hybridized carbons (Fsp3) is 0.968. The molecule has 0 aromatic carbocycles. The molecule has 1 aliphatic carbocycles. The van der Waals surface area contributed by atoms with Crippen LogP contribution in [0.25, 0.3) is 0 Å². The molecule has 0 bridgehead atoms. The van der Waals surface area contributed by atoms with E-state index in [0.717, 1.165) is 71.2 Å². The van der Waals surface area contributed by atoms with Gasteiger partial charge in [0.25, 0.3) is 0 Å². The lowest BCUT2D eigenvalue weighted by Gasteiger charge is -2.26. The van der Waals surface area contributed by atoms with Crippen LogP contribution < -0.4 is 0 Å². The number of aliphatic hydroxyl groups is 1. The van der Waals surface area contributed by atoms with Gasteiger partial charge in [-0.05, 0) is 89.6 Å². The highest BCUT2D eigenvalue weighted by Crippen LogP contribution is 2.27. The van der Waals surface area contributed by atoms with Crippen molar-refractivity contribution in [1.29, 1.82) is 0 Å². The number of carbonyl (C=O) groups excluding carboxylic acids is 2. The third kappa shape index (κ3) is 41.5. The predicted octanol–water partition coefficient (Wildman–Crippen LogP) is 18.4. The van der Waals surface area contributed by atoms with Gasteiger partial charge in [0.1, 0.15) is 0 Å². The summed E-state index contributed by atoms with van der Waals surface area (Å²) in [6, 6.07) is 0. The van der Waals surface area contributed by atoms with Crippen molar-refractivity contribution in [3.8, 4) is 0 Å². The molecule has 0 aliphatic heterocycles. The van der Waals surface area contributed by atoms with Crippen LogP contribution in [-0.4, -0.2) is 83.5 Å². The van der Waals surface area contributed by atoms with Gasteiger partial charge in [0.2, 0.25) is 11.8 Å². The molecule has 68 heavy (non-hydrogen) atoms. The van der Waals surface area contributed by atoms with Gasteiger partial charge in [0.15, 0.2) is 0 Å². The zero-order valence-electron chi connectivity index (χ0n) is 46.9. The van der Waals surface area contributed by atoms with Crippen LogP contribution in [0.5, 0.6) is 0 Å². The van der Waals surface area contributed by atoms with Crippen molar-refractivity contribution in [2.24, 2.45) is 5.92 Å². The van der Waals surface area contributed by atoms with Gasteiger partial charge in [0, 0.05) is 45.6 Å². The fourth-order valence-corrected chi connectivity index (χ4v) is 10.9. The van der Waals surface area contributed by atoms with Crippen LogP contribution in [0.3, 0.4) is 0 Å². The molecule has 404 valence electrons. The minimum absolute atomic E-state index is 0.0969. The van der Waals surface area contributed by atoms with E-state index in [1.165, 1.54) is 276 Å². The SMILES string of the molecule is CCCCCCCCCCN(CCCCCCCCCC)C(=O)CCCCCCCN(CCCCCCCC(=O)N(CCCCCCCCCC)CCCCCCCCCC)C[C@H]1CC[C@H](O)C1. The molecule has 0 radical (unpaired) electrons. The second-order valence-electron chi connectivity index (χ2n) is 22.3. The summed E-state index contributed by atoms with van der Waals surface area (Å²) >= 11 is 0. The van der Waals surface area contributed by atoms with Crippen LogP contribution in [0.2, 0.25) is 0 Å². The lowest BCUT2D eigenvalue weighted by molar-refractivity contribution is -0.132. The van der Waals surface area contributed by atoms with Gasteiger partial charge in [-0.15, -0.1) is 0 Å². The molecule has 2 amide bonds. The van der Waals surface area contributed by atoms with Gasteiger partial charge < -0.3 is 19.8 Å². The number of amides is 2. The minimum Gasteiger partial charge on any atom is -0.393 e. The van der Waals surface area contributed by atoms with Crippen molar-refractivity contribution in [3.63, 3.8) is 0 Å². The molecule has 1 fully saturated rings. The second kappa shape index (κ2) is 50.8. The van der Waals surface area contributed by atoms with Gasteiger partial charge in [-0.2, -0.15) is 0 Å². The molecule has 1 aliphatic rings. The average molecular weight is 959 g/mol. The van der Waals surface area contributed by atoms with E-state index in [-0.39, 0.29) is 6.10 Å². The van der Waals surface area contributed by atoms with E-state index in [4.69, 9.17) is 0 Å². The Morgan fingerprint density at radius 1 is 0.338 bits per heavy atom. The first-order valence-corrected chi connectivity index (χ1v) is 31.4. The lowest BCUT2D eigenvalue weighted by Crippen LogP contribution is -2.32. The number of nitrogens with zero attached hydrogens (tertiary/aromatic N) is 3. The van der Waals surface area contributed by atoms with Crippen LogP contribution in [-0.2, 0) is 9.59 Å². The first-order chi connectivity index (χ1) is 33.4. The normalized spacial score (nSPS) is 15.0. The summed E-state index contributed by atoms with van der Waals surface area (Å²) in [6.07, 6.45) is 58.6. The first kappa shape index (κ1) is 64.9. The van der Waals surface area contributed by atoms with Crippen LogP contribution in [0.1, 0.15) is 329 Å². The quantitative estimate of drug-likeness (QED) is 0.0617. The van der Waals surface area contributed by atoms with Crippen molar-refractivity contribution in [1.82, 2.24) is 14.7 Å². The van der Waals surface area contributed by atoms with Crippen molar-refractivity contribution in [2.45, 2.75) is 336 Å². The molecule has 1 saturated carbocycles. The zero-order valence-corrected chi connectivity index (χ0v) is 46.9. The summed E-state index contributed by atoms with van der Waals surface area (Å²) in [5.41, 5.74) is 0. The van der Waals surface area contributed by atoms with Crippen LogP contribution in [0, 0.1) is 5.92 Å². The largest absolute Gasteiger partial charge is 0.393 e. The van der Waals surface area contributed by atoms with Crippen LogP contribution in [0.4, 0.5) is 0 Å². The maximum atomic E-state index is 13.5. The molecule has 6 nitrogen and oxygen atoms in total. The third-order valence-corrected chi connectivity index (χ3v) is 15.6. The molecule has 6 heteroatoms. The topological polar surface area (TPSA) is 64.1 Å². The van der Waals surface area contributed by atoms with Gasteiger partial charge in [-0.25, -0.2) is 0 Å². The first-order valence-electron chi connectivity index (χ1n) is 31.4. The highest BCUT2D eigenvalue weighted by atomic mass is 16.3. The summed E-state index contributed by atoms with van der Waals surface area (Å²) in [4.78, 5) is 34.2. The Morgan fingerprint density at radius 3 is 0.853 bits per heavy atom. The molecule has 2 atom stereocenters. The average Bonchev–Trinajstić information content (AvgIpc) is 3.76. The van der Waals surface area contributed by atoms with Gasteiger partial charge in [-0.3, -0.25) is 9.59 Å². The van der Waals surface area contributed by atoms with E-state index in [1.807, 2.05) is 0 Å². The monoisotopic (exact) mass is 958 g/mol. The Balaban J connectivity index is 2.43. The second-order valence-corrected chi connectivity index (χ2v) is 22.3. The molecule has 0 unspecified atom stereocenters. The molecule has 0 spiro atoms. The van der Waals surface area contributed by atoms with Crippen LogP contribution in [0.15, 0.2) is 0 Å². The van der Waals surface area contributed by atoms with Crippen LogP contribution >= 0.6 is 0 Å². The summed E-state index contributed by atoms with van der Waals surface area (Å²) in [5, 5.41) is 10.3. The van der Waals surface area contributed by atoms with Gasteiger partial charge in [-0.1, -0.05) is 246 Å². The molecule has 1 rings (SSSR count). The van der Waals surface area contributed by atoms with Crippen molar-refractivity contribution >= 4 is 11.8 Å². The Bertz CT molecular complexity index is 944. The minimum atomic E-state index is -0.0969. The fourth-order valence-electron chi connectivity index (χ4n) is 10.9. The molecule has 1 N–H and O–H groups in total. The number of hydrogen-bond acceptors (Lipinski definition) is 4. The number of carbonyl (C=O) groups is 2. The molecular formula is C62H123N3O3. The Kier molecular flexibility index (Phi) is 48.5. The standard InChI is InChI=1S/C62H123N3O3/c1-5-9-13-17-21-25-35-43-53-64(54-44-36-26-22-18-14-10-6-2)61(67)47-39-31-29-33-41-51-63(58-59-49-50-60(66)57-59)52-42-34-30-32-40-48-62(68)65(55-45-37-27-23-19-15-11-7-3)56-46-38-28-24-20-16-12-8-4/h59-60,66H,5-58H2,1-4H3/t59-,60-/m0/s1. The zero-order chi connectivity index (χ0) is 49.2. The van der Waals surface area contributed by atoms with E-state index in [0.29, 0.717) is 17.7 Å². The smallest absolute Gasteiger partial charge is 0.222 e. The molecule has 0 aromatic heterocycles. The maximum absolute atomic E-state index is 13.5. The highest BCUT2D eigenvalue weighted by Gasteiger charge is 2.24. The third-order valence-electron chi connectivity index (χ3n) is 15.6. The number of hydrogen-bond donors (Lipinski definition) is 1. The highest BCUT2D eigenvalue weighted by molar-refractivity contribution is 5.76. The van der Waals surface area contributed by atoms with E-state index < -0.39 is 0 Å². The van der Waals surface area contributed by atoms with Crippen molar-refractivity contribution in [3.05, 3.63) is 0 Å². The molecule has 0 aromatic rings. The lowest BCUT2D eigenvalue weighted by atomic mass is 10.1. The predicted molar refractivity (Wildman–Crippen MR) is 299 cm³/mol. The molecule has 0 saturated heterocycles. The number of aliphatic hydroxyl groups excluding tert-OH is 1. The van der Waals surface area contributed by atoms with Gasteiger partial charge >= 0.3 is 0 Å². The number of rotatable bonds is 54.